The predicted octanol–water partition coefficient (Wildman–Crippen LogP) is 9.04. The van der Waals surface area contributed by atoms with E-state index in [1.54, 1.807) is 0 Å². The third-order valence-electron chi connectivity index (χ3n) is 15.3. The summed E-state index contributed by atoms with van der Waals surface area (Å²) in [5, 5.41) is 10.7. The van der Waals surface area contributed by atoms with Gasteiger partial charge in [0.05, 0.1) is 18.1 Å². The molecule has 0 bridgehead atoms. The van der Waals surface area contributed by atoms with E-state index >= 15 is 0 Å². The van der Waals surface area contributed by atoms with Gasteiger partial charge >= 0.3 is 11.9 Å². The Morgan fingerprint density at radius 3 is 2.17 bits per heavy atom. The number of hydrogen-bond donors (Lipinski definition) is 1. The van der Waals surface area contributed by atoms with Gasteiger partial charge in [0.15, 0.2) is 0 Å². The Bertz CT molecular complexity index is 1320. The normalized spacial score (nSPS) is 45.5. The molecule has 1 aromatic rings. The van der Waals surface area contributed by atoms with Crippen LogP contribution < -0.4 is 0 Å². The molecule has 0 spiro atoms. The molecule has 9 atom stereocenters. The Hall–Kier alpha value is -2.10. The number of carboxylic acids is 1. The average molecular weight is 573 g/mol. The molecule has 0 aromatic heterocycles. The van der Waals surface area contributed by atoms with E-state index in [0.29, 0.717) is 35.2 Å². The van der Waals surface area contributed by atoms with Crippen LogP contribution in [-0.2, 0) is 9.53 Å². The molecule has 0 radical (unpaired) electrons. The van der Waals surface area contributed by atoms with Crippen LogP contribution >= 0.6 is 0 Å². The van der Waals surface area contributed by atoms with Crippen LogP contribution in [-0.4, -0.2) is 24.2 Å². The number of allylic oxidation sites excluding steroid dienone is 2. The van der Waals surface area contributed by atoms with Gasteiger partial charge in [-0.25, -0.2) is 4.79 Å². The van der Waals surface area contributed by atoms with E-state index in [1.807, 2.05) is 12.1 Å². The van der Waals surface area contributed by atoms with Crippen LogP contribution in [0.15, 0.2) is 30.3 Å². The summed E-state index contributed by atoms with van der Waals surface area (Å²) >= 11 is 0. The highest BCUT2D eigenvalue weighted by molar-refractivity contribution is 5.90. The second-order valence-electron chi connectivity index (χ2n) is 16.8. The fourth-order valence-electron chi connectivity index (χ4n) is 13.1. The first kappa shape index (κ1) is 28.7. The smallest absolute Gasteiger partial charge is 0.337 e. The third-order valence-corrected chi connectivity index (χ3v) is 15.3. The lowest BCUT2D eigenvalue weighted by Crippen LogP contribution is -2.66. The topological polar surface area (TPSA) is 63.6 Å². The summed E-state index contributed by atoms with van der Waals surface area (Å²) in [6, 6.07) is 8.03. The van der Waals surface area contributed by atoms with Crippen LogP contribution in [0.5, 0.6) is 0 Å². The van der Waals surface area contributed by atoms with E-state index in [1.165, 1.54) is 56.8 Å². The van der Waals surface area contributed by atoms with Gasteiger partial charge in [-0.2, -0.15) is 0 Å². The molecule has 0 saturated heterocycles. The van der Waals surface area contributed by atoms with Gasteiger partial charge in [-0.1, -0.05) is 52.8 Å². The molecular formula is C38H52O4. The Kier molecular flexibility index (Phi) is 6.28. The van der Waals surface area contributed by atoms with Crippen LogP contribution in [0.1, 0.15) is 121 Å². The lowest BCUT2D eigenvalue weighted by atomic mass is 9.32. The standard InChI is InChI=1S/C38H52O4/c1-34(2)27(24-9-11-25(12-10-24)32(39)42-6)16-18-35(3)29(34)17-19-37(5)30(35)14-13-28-31-26(23-7-8-23)15-20-38(31,33(40)41)22-21-36(28,37)4/h9-12,16,23,26,28-31H,7-8,13-15,17-22H2,1-6H3,(H,40,41)/t26-,28+,29-,30+,31+,35-,36+,37+,38-/m0/s1. The van der Waals surface area contributed by atoms with Gasteiger partial charge < -0.3 is 9.84 Å². The summed E-state index contributed by atoms with van der Waals surface area (Å²) in [4.78, 5) is 25.0. The zero-order chi connectivity index (χ0) is 29.9. The van der Waals surface area contributed by atoms with Gasteiger partial charge in [0.25, 0.3) is 0 Å². The predicted molar refractivity (Wildman–Crippen MR) is 166 cm³/mol. The van der Waals surface area contributed by atoms with Crippen molar-refractivity contribution in [2.45, 2.75) is 105 Å². The lowest BCUT2D eigenvalue weighted by molar-refractivity contribution is -0.229. The van der Waals surface area contributed by atoms with Crippen LogP contribution in [0.3, 0.4) is 0 Å². The number of carbonyl (C=O) groups excluding carboxylic acids is 1. The van der Waals surface area contributed by atoms with E-state index in [9.17, 15) is 14.7 Å². The number of ether oxygens (including phenoxy) is 1. The van der Waals surface area contributed by atoms with Crippen molar-refractivity contribution < 1.29 is 19.4 Å². The van der Waals surface area contributed by atoms with Crippen molar-refractivity contribution in [3.63, 3.8) is 0 Å². The van der Waals surface area contributed by atoms with Crippen molar-refractivity contribution in [2.75, 3.05) is 7.11 Å². The molecule has 6 aliphatic rings. The van der Waals surface area contributed by atoms with Gasteiger partial charge in [0, 0.05) is 0 Å². The number of esters is 1. The molecule has 5 fully saturated rings. The van der Waals surface area contributed by atoms with E-state index in [4.69, 9.17) is 4.74 Å². The quantitative estimate of drug-likeness (QED) is 0.366. The minimum Gasteiger partial charge on any atom is -0.481 e. The number of hydrogen-bond acceptors (Lipinski definition) is 3. The number of methoxy groups -OCH3 is 1. The molecule has 0 heterocycles. The SMILES string of the molecule is COC(=O)c1ccc(C2=CC[C@]3(C)[C@H]4CC[C@@H]5[C@H]6[C@H](C7CC7)CC[C@]6(C(=O)O)CC[C@@]5(C)[C@]4(C)CC[C@H]3C2(C)C)cc1. The zero-order valence-corrected chi connectivity index (χ0v) is 26.8. The van der Waals surface area contributed by atoms with Crippen LogP contribution in [0.25, 0.3) is 5.57 Å². The van der Waals surface area contributed by atoms with E-state index in [2.05, 4.69) is 52.8 Å². The first-order chi connectivity index (χ1) is 19.8. The first-order valence-corrected chi connectivity index (χ1v) is 17.0. The summed E-state index contributed by atoms with van der Waals surface area (Å²) < 4.78 is 4.93. The Morgan fingerprint density at radius 1 is 0.810 bits per heavy atom. The van der Waals surface area contributed by atoms with E-state index in [0.717, 1.165) is 38.0 Å². The maximum atomic E-state index is 13.0. The molecule has 1 aromatic carbocycles. The van der Waals surface area contributed by atoms with Crippen molar-refractivity contribution in [1.82, 2.24) is 0 Å². The van der Waals surface area contributed by atoms with Crippen molar-refractivity contribution in [1.29, 1.82) is 0 Å². The molecule has 228 valence electrons. The van der Waals surface area contributed by atoms with Gasteiger partial charge in [-0.15, -0.1) is 0 Å². The second kappa shape index (κ2) is 9.21. The highest BCUT2D eigenvalue weighted by Gasteiger charge is 2.72. The number of carbonyl (C=O) groups is 2. The molecule has 5 saturated carbocycles. The van der Waals surface area contributed by atoms with Gasteiger partial charge in [-0.3, -0.25) is 4.79 Å². The van der Waals surface area contributed by atoms with Gasteiger partial charge in [0.1, 0.15) is 0 Å². The number of carboxylic acid groups (broad SMARTS) is 1. The van der Waals surface area contributed by atoms with Crippen LogP contribution in [0.4, 0.5) is 0 Å². The largest absolute Gasteiger partial charge is 0.481 e. The fourth-order valence-corrected chi connectivity index (χ4v) is 13.1. The van der Waals surface area contributed by atoms with Crippen LogP contribution in [0.2, 0.25) is 0 Å². The molecule has 0 amide bonds. The Morgan fingerprint density at radius 2 is 1.52 bits per heavy atom. The molecule has 0 aliphatic heterocycles. The minimum absolute atomic E-state index is 0.0341. The van der Waals surface area contributed by atoms with Gasteiger partial charge in [-0.05, 0) is 151 Å². The summed E-state index contributed by atoms with van der Waals surface area (Å²) in [6.45, 7) is 12.8. The third kappa shape index (κ3) is 3.59. The monoisotopic (exact) mass is 572 g/mol. The van der Waals surface area contributed by atoms with Crippen molar-refractivity contribution in [2.24, 2.45) is 62.6 Å². The summed E-state index contributed by atoms with van der Waals surface area (Å²) in [6.07, 6.45) is 15.3. The fraction of sp³-hybridized carbons (Fsp3) is 0.737. The van der Waals surface area contributed by atoms with Crippen molar-refractivity contribution in [3.8, 4) is 0 Å². The highest BCUT2D eigenvalue weighted by Crippen LogP contribution is 2.78. The van der Waals surface area contributed by atoms with Crippen molar-refractivity contribution >= 4 is 17.5 Å². The number of benzene rings is 1. The number of fused-ring (bicyclic) bond motifs is 7. The molecular weight excluding hydrogens is 520 g/mol. The molecule has 42 heavy (non-hydrogen) atoms. The van der Waals surface area contributed by atoms with E-state index < -0.39 is 11.4 Å². The average Bonchev–Trinajstić information content (AvgIpc) is 3.72. The molecule has 4 nitrogen and oxygen atoms in total. The maximum Gasteiger partial charge on any atom is 0.337 e. The van der Waals surface area contributed by atoms with Gasteiger partial charge in [0.2, 0.25) is 0 Å². The molecule has 1 N–H and O–H groups in total. The second-order valence-corrected chi connectivity index (χ2v) is 16.8. The Balaban J connectivity index is 1.23. The minimum atomic E-state index is -0.480. The zero-order valence-electron chi connectivity index (χ0n) is 26.8. The molecule has 0 unspecified atom stereocenters. The summed E-state index contributed by atoms with van der Waals surface area (Å²) in [7, 11) is 1.43. The number of aliphatic carboxylic acids is 1. The van der Waals surface area contributed by atoms with Crippen molar-refractivity contribution in [3.05, 3.63) is 41.5 Å². The maximum absolute atomic E-state index is 13.0. The highest BCUT2D eigenvalue weighted by atomic mass is 16.5. The molecule has 4 heteroatoms. The van der Waals surface area contributed by atoms with Crippen LogP contribution in [0, 0.1) is 62.6 Å². The lowest BCUT2D eigenvalue weighted by Gasteiger charge is -2.72. The summed E-state index contributed by atoms with van der Waals surface area (Å²) in [5.41, 5.74) is 3.50. The molecule has 7 rings (SSSR count). The summed E-state index contributed by atoms with van der Waals surface area (Å²) in [5.74, 6) is 2.85. The first-order valence-electron chi connectivity index (χ1n) is 17.0. The van der Waals surface area contributed by atoms with E-state index in [-0.39, 0.29) is 27.6 Å². The molecule has 6 aliphatic carbocycles. The Labute approximate surface area is 253 Å². The number of rotatable bonds is 4.